The smallest absolute Gasteiger partial charge is 0.0610 e. The average Bonchev–Trinajstić information content (AvgIpc) is 3.13. The fourth-order valence-electron chi connectivity index (χ4n) is 6.43. The molecular weight excluding hydrogens is 378 g/mol. The van der Waals surface area contributed by atoms with Gasteiger partial charge in [-0.05, 0) is 79.2 Å². The molecule has 0 bridgehead atoms. The van der Waals surface area contributed by atoms with E-state index in [4.69, 9.17) is 4.74 Å². The summed E-state index contributed by atoms with van der Waals surface area (Å²) < 4.78 is 6.17. The first kappa shape index (κ1) is 23.1. The number of benzene rings is 1. The third-order valence-corrected chi connectivity index (χ3v) is 8.00. The molecule has 0 radical (unpaired) electrons. The van der Waals surface area contributed by atoms with Gasteiger partial charge in [0.2, 0.25) is 0 Å². The molecule has 4 rings (SSSR count). The van der Waals surface area contributed by atoms with Gasteiger partial charge in [0.25, 0.3) is 0 Å². The van der Waals surface area contributed by atoms with Crippen molar-refractivity contribution in [2.24, 2.45) is 11.8 Å². The van der Waals surface area contributed by atoms with Gasteiger partial charge >= 0.3 is 0 Å². The molecule has 1 aromatic rings. The first-order valence-electron chi connectivity index (χ1n) is 13.3. The van der Waals surface area contributed by atoms with Crippen LogP contribution in [0, 0.1) is 11.8 Å². The van der Waals surface area contributed by atoms with Crippen LogP contribution in [0.15, 0.2) is 24.3 Å². The lowest BCUT2D eigenvalue weighted by Gasteiger charge is -2.31. The first-order valence-corrected chi connectivity index (χ1v) is 13.3. The number of fused-ring (bicyclic) bond motifs is 1. The van der Waals surface area contributed by atoms with Crippen molar-refractivity contribution in [2.75, 3.05) is 26.3 Å². The Morgan fingerprint density at radius 2 is 1.65 bits per heavy atom. The van der Waals surface area contributed by atoms with Gasteiger partial charge in [-0.2, -0.15) is 0 Å². The van der Waals surface area contributed by atoms with Gasteiger partial charge < -0.3 is 10.1 Å². The second kappa shape index (κ2) is 10.7. The molecule has 2 fully saturated rings. The minimum atomic E-state index is -0.0162. The lowest BCUT2D eigenvalue weighted by atomic mass is 9.75. The minimum absolute atomic E-state index is 0.0162. The second-order valence-electron chi connectivity index (χ2n) is 10.9. The van der Waals surface area contributed by atoms with E-state index in [2.05, 4.69) is 50.4 Å². The summed E-state index contributed by atoms with van der Waals surface area (Å²) in [7, 11) is 0. The van der Waals surface area contributed by atoms with Gasteiger partial charge in [0, 0.05) is 13.2 Å². The van der Waals surface area contributed by atoms with Crippen molar-refractivity contribution in [3.8, 4) is 0 Å². The molecule has 0 amide bonds. The zero-order valence-corrected chi connectivity index (χ0v) is 20.3. The number of nitrogens with one attached hydrogen (secondary N) is 1. The van der Waals surface area contributed by atoms with Crippen molar-refractivity contribution in [1.29, 1.82) is 0 Å². The number of rotatable bonds is 9. The fourth-order valence-corrected chi connectivity index (χ4v) is 6.43. The van der Waals surface area contributed by atoms with E-state index in [9.17, 15) is 0 Å². The molecule has 1 atom stereocenters. The van der Waals surface area contributed by atoms with Crippen LogP contribution >= 0.6 is 0 Å². The molecule has 31 heavy (non-hydrogen) atoms. The summed E-state index contributed by atoms with van der Waals surface area (Å²) in [6, 6.07) is 7.26. The van der Waals surface area contributed by atoms with Crippen LogP contribution in [0.5, 0.6) is 0 Å². The monoisotopic (exact) mass is 423 g/mol. The molecule has 0 spiro atoms. The zero-order valence-electron chi connectivity index (χ0n) is 20.3. The quantitative estimate of drug-likeness (QED) is 0.452. The molecule has 1 aromatic carbocycles. The SMILES string of the molecule is CCOCC1(CNCC(C)C)C=C(C2CCCCC2)c2c(C3CCCCC3)cccc21. The van der Waals surface area contributed by atoms with Crippen LogP contribution in [0.3, 0.4) is 0 Å². The van der Waals surface area contributed by atoms with E-state index >= 15 is 0 Å². The van der Waals surface area contributed by atoms with E-state index in [0.29, 0.717) is 5.92 Å². The predicted octanol–water partition coefficient (Wildman–Crippen LogP) is 7.23. The van der Waals surface area contributed by atoms with E-state index in [-0.39, 0.29) is 5.41 Å². The Hall–Kier alpha value is -1.12. The summed E-state index contributed by atoms with van der Waals surface area (Å²) in [5.41, 5.74) is 6.53. The highest BCUT2D eigenvalue weighted by molar-refractivity contribution is 5.81. The standard InChI is InChI=1S/C29H45NO/c1-4-31-21-29(20-30-19-22(2)3)18-26(24-14-9-6-10-15-24)28-25(16-11-17-27(28)29)23-12-7-5-8-13-23/h11,16-18,22-24,30H,4-10,12-15,19-21H2,1-3H3. The predicted molar refractivity (Wildman–Crippen MR) is 133 cm³/mol. The van der Waals surface area contributed by atoms with Crippen molar-refractivity contribution in [3.05, 3.63) is 41.0 Å². The van der Waals surface area contributed by atoms with Gasteiger partial charge in [0.1, 0.15) is 0 Å². The summed E-state index contributed by atoms with van der Waals surface area (Å²) in [5, 5.41) is 3.82. The lowest BCUT2D eigenvalue weighted by Crippen LogP contribution is -2.41. The molecule has 3 aliphatic rings. The van der Waals surface area contributed by atoms with Crippen molar-refractivity contribution in [1.82, 2.24) is 5.32 Å². The number of hydrogen-bond donors (Lipinski definition) is 1. The van der Waals surface area contributed by atoms with Gasteiger partial charge in [0.15, 0.2) is 0 Å². The van der Waals surface area contributed by atoms with Crippen LogP contribution in [0.25, 0.3) is 5.57 Å². The molecule has 1 N–H and O–H groups in total. The van der Waals surface area contributed by atoms with Crippen molar-refractivity contribution in [2.45, 2.75) is 96.3 Å². The summed E-state index contributed by atoms with van der Waals surface area (Å²) >= 11 is 0. The maximum atomic E-state index is 6.17. The van der Waals surface area contributed by atoms with Crippen molar-refractivity contribution in [3.63, 3.8) is 0 Å². The van der Waals surface area contributed by atoms with E-state index in [0.717, 1.165) is 38.1 Å². The fraction of sp³-hybridized carbons (Fsp3) is 0.724. The molecule has 1 unspecified atom stereocenters. The first-order chi connectivity index (χ1) is 15.1. The highest BCUT2D eigenvalue weighted by Gasteiger charge is 2.42. The molecular formula is C29H45NO. The topological polar surface area (TPSA) is 21.3 Å². The molecule has 2 heteroatoms. The highest BCUT2D eigenvalue weighted by atomic mass is 16.5. The van der Waals surface area contributed by atoms with Crippen LogP contribution in [0.2, 0.25) is 0 Å². The normalized spacial score (nSPS) is 25.1. The summed E-state index contributed by atoms with van der Waals surface area (Å²) in [5.74, 6) is 2.16. The van der Waals surface area contributed by atoms with E-state index in [1.165, 1.54) is 64.2 Å². The number of ether oxygens (including phenoxy) is 1. The molecule has 2 nitrogen and oxygen atoms in total. The average molecular weight is 424 g/mol. The Labute approximate surface area is 191 Å². The second-order valence-corrected chi connectivity index (χ2v) is 10.9. The van der Waals surface area contributed by atoms with Crippen LogP contribution in [-0.2, 0) is 10.2 Å². The van der Waals surface area contributed by atoms with E-state index in [1.807, 2.05) is 0 Å². The van der Waals surface area contributed by atoms with E-state index < -0.39 is 0 Å². The summed E-state index contributed by atoms with van der Waals surface area (Å²) in [4.78, 5) is 0. The highest BCUT2D eigenvalue weighted by Crippen LogP contribution is 2.51. The molecule has 172 valence electrons. The Bertz CT molecular complexity index is 739. The zero-order chi connectivity index (χ0) is 21.7. The summed E-state index contributed by atoms with van der Waals surface area (Å²) in [6.45, 7) is 10.4. The van der Waals surface area contributed by atoms with Gasteiger partial charge in [0.05, 0.1) is 12.0 Å². The molecule has 0 aromatic heterocycles. The Morgan fingerprint density at radius 1 is 0.968 bits per heavy atom. The van der Waals surface area contributed by atoms with Gasteiger partial charge in [-0.15, -0.1) is 0 Å². The van der Waals surface area contributed by atoms with Crippen LogP contribution in [-0.4, -0.2) is 26.3 Å². The van der Waals surface area contributed by atoms with Gasteiger partial charge in [-0.1, -0.05) is 76.6 Å². The van der Waals surface area contributed by atoms with Gasteiger partial charge in [-0.25, -0.2) is 0 Å². The minimum Gasteiger partial charge on any atom is -0.380 e. The van der Waals surface area contributed by atoms with Crippen LogP contribution < -0.4 is 5.32 Å². The summed E-state index contributed by atoms with van der Waals surface area (Å²) in [6.07, 6.45) is 16.6. The maximum Gasteiger partial charge on any atom is 0.0610 e. The molecule has 2 saturated carbocycles. The molecule has 0 aliphatic heterocycles. The van der Waals surface area contributed by atoms with Gasteiger partial charge in [-0.3, -0.25) is 0 Å². The third kappa shape index (κ3) is 5.11. The Kier molecular flexibility index (Phi) is 7.93. The number of allylic oxidation sites excluding steroid dienone is 1. The third-order valence-electron chi connectivity index (χ3n) is 8.00. The molecule has 0 heterocycles. The van der Waals surface area contributed by atoms with Crippen LogP contribution in [0.4, 0.5) is 0 Å². The lowest BCUT2D eigenvalue weighted by molar-refractivity contribution is 0.109. The van der Waals surface area contributed by atoms with E-state index in [1.54, 1.807) is 22.3 Å². The Balaban J connectivity index is 1.76. The van der Waals surface area contributed by atoms with Crippen molar-refractivity contribution >= 4 is 5.57 Å². The molecule has 3 aliphatic carbocycles. The molecule has 0 saturated heterocycles. The Morgan fingerprint density at radius 3 is 2.29 bits per heavy atom. The maximum absolute atomic E-state index is 6.17. The number of hydrogen-bond acceptors (Lipinski definition) is 2. The largest absolute Gasteiger partial charge is 0.380 e. The van der Waals surface area contributed by atoms with Crippen molar-refractivity contribution < 1.29 is 4.74 Å². The van der Waals surface area contributed by atoms with Crippen LogP contribution in [0.1, 0.15) is 108 Å².